The number of rotatable bonds is 4. The van der Waals surface area contributed by atoms with E-state index in [9.17, 15) is 4.79 Å². The first kappa shape index (κ1) is 12.3. The predicted molar refractivity (Wildman–Crippen MR) is 67.1 cm³/mol. The molecule has 0 unspecified atom stereocenters. The first-order valence-electron chi connectivity index (χ1n) is 5.95. The van der Waals surface area contributed by atoms with Gasteiger partial charge in [0, 0.05) is 19.0 Å². The average Bonchev–Trinajstić information content (AvgIpc) is 2.88. The molecule has 0 saturated heterocycles. The fourth-order valence-electron chi connectivity index (χ4n) is 1.56. The zero-order chi connectivity index (χ0) is 13.0. The van der Waals surface area contributed by atoms with Crippen molar-refractivity contribution in [1.29, 1.82) is 0 Å². The van der Waals surface area contributed by atoms with Crippen LogP contribution in [-0.2, 0) is 6.42 Å². The van der Waals surface area contributed by atoms with Gasteiger partial charge in [-0.1, -0.05) is 18.1 Å². The molecule has 0 atom stereocenters. The number of hydrogen-bond donors (Lipinski definition) is 1. The maximum absolute atomic E-state index is 11.7. The first-order chi connectivity index (χ1) is 8.74. The summed E-state index contributed by atoms with van der Waals surface area (Å²) in [4.78, 5) is 15.9. The van der Waals surface area contributed by atoms with E-state index in [0.29, 0.717) is 23.6 Å². The van der Waals surface area contributed by atoms with Gasteiger partial charge in [-0.05, 0) is 19.1 Å². The van der Waals surface area contributed by atoms with Crippen LogP contribution in [0.15, 0.2) is 28.8 Å². The second-order valence-electron chi connectivity index (χ2n) is 3.80. The lowest BCUT2D eigenvalue weighted by Crippen LogP contribution is -2.23. The number of pyridine rings is 1. The van der Waals surface area contributed by atoms with Crippen molar-refractivity contribution in [3.8, 4) is 11.4 Å². The summed E-state index contributed by atoms with van der Waals surface area (Å²) >= 11 is 0. The average molecular weight is 245 g/mol. The lowest BCUT2D eigenvalue weighted by molar-refractivity contribution is 0.0951. The molecule has 5 nitrogen and oxygen atoms in total. The Balaban J connectivity index is 2.29. The van der Waals surface area contributed by atoms with Crippen molar-refractivity contribution in [2.75, 3.05) is 6.54 Å². The van der Waals surface area contributed by atoms with E-state index in [4.69, 9.17) is 4.52 Å². The van der Waals surface area contributed by atoms with Gasteiger partial charge in [-0.15, -0.1) is 0 Å². The third kappa shape index (κ3) is 2.56. The molecule has 0 saturated carbocycles. The molecule has 0 bridgehead atoms. The summed E-state index contributed by atoms with van der Waals surface area (Å²) in [5.41, 5.74) is 1.68. The van der Waals surface area contributed by atoms with Crippen molar-refractivity contribution in [3.63, 3.8) is 0 Å². The molecule has 2 aromatic heterocycles. The maximum atomic E-state index is 11.7. The first-order valence-corrected chi connectivity index (χ1v) is 5.95. The number of hydrogen-bond acceptors (Lipinski definition) is 4. The quantitative estimate of drug-likeness (QED) is 0.895. The molecule has 0 aliphatic rings. The molecular weight excluding hydrogens is 230 g/mol. The lowest BCUT2D eigenvalue weighted by atomic mass is 10.2. The van der Waals surface area contributed by atoms with E-state index in [0.717, 1.165) is 12.2 Å². The smallest absolute Gasteiger partial charge is 0.269 e. The van der Waals surface area contributed by atoms with Gasteiger partial charge in [0.05, 0.1) is 5.69 Å². The highest BCUT2D eigenvalue weighted by atomic mass is 16.5. The Morgan fingerprint density at radius 1 is 1.33 bits per heavy atom. The number of carbonyl (C=O) groups is 1. The standard InChI is InChI=1S/C13H15N3O2/c1-3-9-8-12(16-18-9)10-6-5-7-11(15-10)13(17)14-4-2/h5-8H,3-4H2,1-2H3,(H,14,17). The van der Waals surface area contributed by atoms with Gasteiger partial charge >= 0.3 is 0 Å². The zero-order valence-corrected chi connectivity index (χ0v) is 10.4. The molecule has 1 N–H and O–H groups in total. The predicted octanol–water partition coefficient (Wildman–Crippen LogP) is 2.05. The van der Waals surface area contributed by atoms with Gasteiger partial charge in [-0.3, -0.25) is 4.79 Å². The topological polar surface area (TPSA) is 68.0 Å². The van der Waals surface area contributed by atoms with Crippen molar-refractivity contribution >= 4 is 5.91 Å². The Bertz CT molecular complexity index is 549. The summed E-state index contributed by atoms with van der Waals surface area (Å²) in [6.45, 7) is 4.43. The van der Waals surface area contributed by atoms with E-state index in [1.807, 2.05) is 19.9 Å². The molecule has 2 heterocycles. The fraction of sp³-hybridized carbons (Fsp3) is 0.308. The Morgan fingerprint density at radius 2 is 2.17 bits per heavy atom. The van der Waals surface area contributed by atoms with Gasteiger partial charge in [-0.2, -0.15) is 0 Å². The number of amides is 1. The normalized spacial score (nSPS) is 10.3. The molecule has 2 aromatic rings. The molecule has 0 aromatic carbocycles. The van der Waals surface area contributed by atoms with Crippen LogP contribution in [0, 0.1) is 0 Å². The van der Waals surface area contributed by atoms with E-state index in [1.54, 1.807) is 18.2 Å². The van der Waals surface area contributed by atoms with Crippen LogP contribution < -0.4 is 5.32 Å². The van der Waals surface area contributed by atoms with Crippen molar-refractivity contribution < 1.29 is 9.32 Å². The number of nitrogens with zero attached hydrogens (tertiary/aromatic N) is 2. The van der Waals surface area contributed by atoms with E-state index in [2.05, 4.69) is 15.5 Å². The Kier molecular flexibility index (Phi) is 3.72. The molecule has 2 rings (SSSR count). The highest BCUT2D eigenvalue weighted by molar-refractivity contribution is 5.92. The highest BCUT2D eigenvalue weighted by Gasteiger charge is 2.10. The van der Waals surface area contributed by atoms with Crippen LogP contribution >= 0.6 is 0 Å². The molecular formula is C13H15N3O2. The van der Waals surface area contributed by atoms with Gasteiger partial charge in [0.15, 0.2) is 0 Å². The van der Waals surface area contributed by atoms with Crippen molar-refractivity contribution in [3.05, 3.63) is 35.7 Å². The Hall–Kier alpha value is -2.17. The molecule has 18 heavy (non-hydrogen) atoms. The third-order valence-corrected chi connectivity index (χ3v) is 2.49. The molecule has 0 radical (unpaired) electrons. The van der Waals surface area contributed by atoms with Crippen LogP contribution in [0.5, 0.6) is 0 Å². The molecule has 0 aliphatic carbocycles. The molecule has 0 fully saturated rings. The van der Waals surface area contributed by atoms with Crippen LogP contribution in [0.3, 0.4) is 0 Å². The number of carbonyl (C=O) groups excluding carboxylic acids is 1. The number of nitrogens with one attached hydrogen (secondary N) is 1. The lowest BCUT2D eigenvalue weighted by Gasteiger charge is -2.02. The van der Waals surface area contributed by atoms with Gasteiger partial charge in [-0.25, -0.2) is 4.98 Å². The van der Waals surface area contributed by atoms with Crippen LogP contribution in [0.25, 0.3) is 11.4 Å². The molecule has 1 amide bonds. The molecule has 94 valence electrons. The highest BCUT2D eigenvalue weighted by Crippen LogP contribution is 2.17. The minimum absolute atomic E-state index is 0.182. The minimum atomic E-state index is -0.182. The largest absolute Gasteiger partial charge is 0.361 e. The second kappa shape index (κ2) is 5.44. The van der Waals surface area contributed by atoms with Crippen molar-refractivity contribution in [2.45, 2.75) is 20.3 Å². The maximum Gasteiger partial charge on any atom is 0.269 e. The third-order valence-electron chi connectivity index (χ3n) is 2.49. The molecule has 0 aliphatic heterocycles. The van der Waals surface area contributed by atoms with Gasteiger partial charge in [0.25, 0.3) is 5.91 Å². The van der Waals surface area contributed by atoms with E-state index in [1.165, 1.54) is 0 Å². The molecule has 0 spiro atoms. The van der Waals surface area contributed by atoms with Crippen molar-refractivity contribution in [1.82, 2.24) is 15.5 Å². The summed E-state index contributed by atoms with van der Waals surface area (Å²) in [6.07, 6.45) is 0.781. The van der Waals surface area contributed by atoms with Gasteiger partial charge in [0.1, 0.15) is 17.1 Å². The fourth-order valence-corrected chi connectivity index (χ4v) is 1.56. The van der Waals surface area contributed by atoms with E-state index in [-0.39, 0.29) is 5.91 Å². The molecule has 5 heteroatoms. The second-order valence-corrected chi connectivity index (χ2v) is 3.80. The minimum Gasteiger partial charge on any atom is -0.361 e. The number of aryl methyl sites for hydroxylation is 1. The monoisotopic (exact) mass is 245 g/mol. The van der Waals surface area contributed by atoms with E-state index < -0.39 is 0 Å². The Morgan fingerprint density at radius 3 is 2.83 bits per heavy atom. The van der Waals surface area contributed by atoms with E-state index >= 15 is 0 Å². The summed E-state index contributed by atoms with van der Waals surface area (Å²) in [5.74, 6) is 0.619. The summed E-state index contributed by atoms with van der Waals surface area (Å²) < 4.78 is 5.13. The Labute approximate surface area is 105 Å². The SMILES string of the molecule is CCNC(=O)c1cccc(-c2cc(CC)on2)n1. The van der Waals surface area contributed by atoms with Crippen LogP contribution in [0.4, 0.5) is 0 Å². The summed E-state index contributed by atoms with van der Waals surface area (Å²) in [6, 6.07) is 7.10. The van der Waals surface area contributed by atoms with Gasteiger partial charge < -0.3 is 9.84 Å². The van der Waals surface area contributed by atoms with Crippen LogP contribution in [-0.4, -0.2) is 22.6 Å². The zero-order valence-electron chi connectivity index (χ0n) is 10.4. The van der Waals surface area contributed by atoms with Crippen molar-refractivity contribution in [2.24, 2.45) is 0 Å². The van der Waals surface area contributed by atoms with Crippen LogP contribution in [0.1, 0.15) is 30.1 Å². The summed E-state index contributed by atoms with van der Waals surface area (Å²) in [5, 5.41) is 6.65. The van der Waals surface area contributed by atoms with Crippen LogP contribution in [0.2, 0.25) is 0 Å². The summed E-state index contributed by atoms with van der Waals surface area (Å²) in [7, 11) is 0. The van der Waals surface area contributed by atoms with Gasteiger partial charge in [0.2, 0.25) is 0 Å². The number of aromatic nitrogens is 2.